The fourth-order valence-corrected chi connectivity index (χ4v) is 7.39. The Morgan fingerprint density at radius 3 is 0.718 bits per heavy atom. The van der Waals surface area contributed by atoms with Crippen LogP contribution >= 0.6 is 0 Å². The van der Waals surface area contributed by atoms with Crippen molar-refractivity contribution in [2.75, 3.05) is 0 Å². The summed E-state index contributed by atoms with van der Waals surface area (Å²) in [5.74, 6) is -0.557. The highest BCUT2D eigenvalue weighted by Gasteiger charge is 2.32. The molecule has 0 aliphatic heterocycles. The van der Waals surface area contributed by atoms with Crippen LogP contribution in [0.2, 0.25) is 0 Å². The minimum Gasteiger partial charge on any atom is -0.423 e. The zero-order valence-corrected chi connectivity index (χ0v) is 38.1. The average molecular weight is 931 g/mol. The van der Waals surface area contributed by atoms with E-state index in [9.17, 15) is 14.4 Å². The maximum Gasteiger partial charge on any atom is 0.343 e. The van der Waals surface area contributed by atoms with E-state index in [0.29, 0.717) is 51.0 Å². The van der Waals surface area contributed by atoms with Crippen molar-refractivity contribution in [2.24, 2.45) is 30.7 Å². The van der Waals surface area contributed by atoms with Gasteiger partial charge in [0.1, 0.15) is 17.2 Å². The lowest BCUT2D eigenvalue weighted by Crippen LogP contribution is -2.25. The Bertz CT molecular complexity index is 2970. The fraction of sp³-hybridized carbons (Fsp3) is 0.0339. The third kappa shape index (κ3) is 11.8. The van der Waals surface area contributed by atoms with Gasteiger partial charge in [0, 0.05) is 5.41 Å². The topological polar surface area (TPSA) is 153 Å². The Balaban J connectivity index is 0.915. The van der Waals surface area contributed by atoms with Crippen LogP contribution in [0.25, 0.3) is 0 Å². The number of hydrogen-bond donors (Lipinski definition) is 0. The Kier molecular flexibility index (Phi) is 14.3. The molecule has 9 aromatic rings. The number of azo groups is 3. The van der Waals surface area contributed by atoms with E-state index in [1.165, 1.54) is 0 Å². The van der Waals surface area contributed by atoms with Gasteiger partial charge in [0.25, 0.3) is 0 Å². The van der Waals surface area contributed by atoms with Gasteiger partial charge >= 0.3 is 17.9 Å². The molecule has 0 unspecified atom stereocenters. The van der Waals surface area contributed by atoms with Crippen molar-refractivity contribution in [1.29, 1.82) is 0 Å². The average Bonchev–Trinajstić information content (AvgIpc) is 3.43. The first kappa shape index (κ1) is 46.3. The predicted octanol–water partition coefficient (Wildman–Crippen LogP) is 15.9. The minimum absolute atomic E-state index is 0.345. The largest absolute Gasteiger partial charge is 0.423 e. The fourth-order valence-electron chi connectivity index (χ4n) is 7.39. The molecule has 12 heteroatoms. The lowest BCUT2D eigenvalue weighted by Gasteiger charge is -2.32. The van der Waals surface area contributed by atoms with Crippen LogP contribution in [0.15, 0.2) is 267 Å². The van der Waals surface area contributed by atoms with Gasteiger partial charge in [0.05, 0.1) is 50.8 Å². The summed E-state index contributed by atoms with van der Waals surface area (Å²) in [6.07, 6.45) is 0. The summed E-state index contributed by atoms with van der Waals surface area (Å²) in [5, 5.41) is 25.5. The zero-order chi connectivity index (χ0) is 48.8. The Hall–Kier alpha value is -9.81. The standard InChI is InChI=1S/C59H42N6O6/c1-59(44-23-35-53(36-24-44)69-56(66)41-17-29-50(30-18-41)63-60-47-11-5-2-6-12-47,45-25-37-54(38-26-45)70-57(67)42-19-31-51(32-20-42)64-61-48-13-7-3-8-14-48)46-27-39-55(40-28-46)71-58(68)43-21-33-52(34-22-43)65-62-49-15-9-4-10-16-49/h2-40H,1H3/b63-60+,64-61+,65-62+. The molecule has 0 aromatic heterocycles. The van der Waals surface area contributed by atoms with Gasteiger partial charge in [0.15, 0.2) is 0 Å². The third-order valence-corrected chi connectivity index (χ3v) is 11.3. The van der Waals surface area contributed by atoms with E-state index >= 15 is 0 Å². The second-order valence-electron chi connectivity index (χ2n) is 16.1. The van der Waals surface area contributed by atoms with Gasteiger partial charge in [-0.3, -0.25) is 0 Å². The van der Waals surface area contributed by atoms with Gasteiger partial charge in [0.2, 0.25) is 0 Å². The van der Waals surface area contributed by atoms with Crippen molar-refractivity contribution in [3.05, 3.63) is 270 Å². The number of benzene rings is 9. The maximum absolute atomic E-state index is 13.2. The monoisotopic (exact) mass is 930 g/mol. The second-order valence-corrected chi connectivity index (χ2v) is 16.1. The van der Waals surface area contributed by atoms with E-state index in [1.54, 1.807) is 109 Å². The van der Waals surface area contributed by atoms with Crippen LogP contribution < -0.4 is 14.2 Å². The number of carbonyl (C=O) groups excluding carboxylic acids is 3. The van der Waals surface area contributed by atoms with Crippen molar-refractivity contribution < 1.29 is 28.6 Å². The third-order valence-electron chi connectivity index (χ3n) is 11.3. The smallest absolute Gasteiger partial charge is 0.343 e. The highest BCUT2D eigenvalue weighted by Crippen LogP contribution is 2.41. The second kappa shape index (κ2) is 21.9. The van der Waals surface area contributed by atoms with Gasteiger partial charge in [-0.2, -0.15) is 30.7 Å². The molecule has 0 bridgehead atoms. The van der Waals surface area contributed by atoms with E-state index < -0.39 is 23.3 Å². The first-order valence-corrected chi connectivity index (χ1v) is 22.4. The molecule has 0 fully saturated rings. The number of nitrogens with zero attached hydrogens (tertiary/aromatic N) is 6. The van der Waals surface area contributed by atoms with Crippen LogP contribution in [0, 0.1) is 0 Å². The van der Waals surface area contributed by atoms with E-state index in [4.69, 9.17) is 14.2 Å². The summed E-state index contributed by atoms with van der Waals surface area (Å²) in [5.41, 5.74) is 6.74. The Morgan fingerprint density at radius 2 is 0.493 bits per heavy atom. The van der Waals surface area contributed by atoms with Crippen molar-refractivity contribution in [1.82, 2.24) is 0 Å². The van der Waals surface area contributed by atoms with Crippen LogP contribution in [0.5, 0.6) is 17.2 Å². The first-order valence-electron chi connectivity index (χ1n) is 22.4. The highest BCUT2D eigenvalue weighted by atomic mass is 16.5. The molecule has 0 saturated carbocycles. The first-order chi connectivity index (χ1) is 34.7. The van der Waals surface area contributed by atoms with Crippen molar-refractivity contribution in [3.8, 4) is 17.2 Å². The number of rotatable bonds is 15. The van der Waals surface area contributed by atoms with Crippen LogP contribution in [-0.2, 0) is 5.41 Å². The van der Waals surface area contributed by atoms with E-state index in [-0.39, 0.29) is 0 Å². The van der Waals surface area contributed by atoms with Gasteiger partial charge < -0.3 is 14.2 Å². The summed E-state index contributed by atoms with van der Waals surface area (Å²) in [6, 6.07) is 70.0. The molecule has 0 N–H and O–H groups in total. The van der Waals surface area contributed by atoms with Gasteiger partial charge in [-0.25, -0.2) is 14.4 Å². The number of esters is 3. The maximum atomic E-state index is 13.2. The molecule has 0 spiro atoms. The molecule has 0 aliphatic carbocycles. The molecule has 344 valence electrons. The van der Waals surface area contributed by atoms with Gasteiger partial charge in [-0.15, -0.1) is 0 Å². The predicted molar refractivity (Wildman–Crippen MR) is 271 cm³/mol. The van der Waals surface area contributed by atoms with Crippen LogP contribution in [-0.4, -0.2) is 17.9 Å². The minimum atomic E-state index is -0.813. The number of ether oxygens (including phenoxy) is 3. The summed E-state index contributed by atoms with van der Waals surface area (Å²) in [6.45, 7) is 2.06. The number of hydrogen-bond acceptors (Lipinski definition) is 12. The van der Waals surface area contributed by atoms with Gasteiger partial charge in [-0.1, -0.05) is 91.0 Å². The Morgan fingerprint density at radius 1 is 0.282 bits per heavy atom. The summed E-state index contributed by atoms with van der Waals surface area (Å²) < 4.78 is 17.4. The molecule has 0 atom stereocenters. The summed E-state index contributed by atoms with van der Waals surface area (Å²) >= 11 is 0. The molecule has 9 rings (SSSR count). The molecule has 12 nitrogen and oxygen atoms in total. The highest BCUT2D eigenvalue weighted by molar-refractivity contribution is 5.92. The van der Waals surface area contributed by atoms with Crippen LogP contribution in [0.1, 0.15) is 54.7 Å². The van der Waals surface area contributed by atoms with Crippen molar-refractivity contribution in [3.63, 3.8) is 0 Å². The molecule has 0 saturated heterocycles. The zero-order valence-electron chi connectivity index (χ0n) is 38.1. The number of carbonyl (C=O) groups is 3. The van der Waals surface area contributed by atoms with Crippen molar-refractivity contribution >= 4 is 52.0 Å². The molecule has 0 radical (unpaired) electrons. The van der Waals surface area contributed by atoms with E-state index in [1.807, 2.05) is 127 Å². The lowest BCUT2D eigenvalue weighted by molar-refractivity contribution is 0.0725. The van der Waals surface area contributed by atoms with Crippen LogP contribution in [0.3, 0.4) is 0 Å². The summed E-state index contributed by atoms with van der Waals surface area (Å²) in [4.78, 5) is 39.7. The lowest BCUT2D eigenvalue weighted by atomic mass is 9.71. The molecule has 0 heterocycles. The summed E-state index contributed by atoms with van der Waals surface area (Å²) in [7, 11) is 0. The van der Waals surface area contributed by atoms with Crippen molar-refractivity contribution in [2.45, 2.75) is 12.3 Å². The molecular weight excluding hydrogens is 889 g/mol. The van der Waals surface area contributed by atoms with Crippen LogP contribution in [0.4, 0.5) is 34.1 Å². The molecular formula is C59H42N6O6. The molecule has 0 aliphatic rings. The molecule has 71 heavy (non-hydrogen) atoms. The van der Waals surface area contributed by atoms with Gasteiger partial charge in [-0.05, 0) is 169 Å². The molecule has 0 amide bonds. The Labute approximate surface area is 409 Å². The molecule has 9 aromatic carbocycles. The van der Waals surface area contributed by atoms with E-state index in [0.717, 1.165) is 33.8 Å². The van der Waals surface area contributed by atoms with E-state index in [2.05, 4.69) is 37.6 Å². The quantitative estimate of drug-likeness (QED) is 0.0432. The normalized spacial score (nSPS) is 11.5. The SMILES string of the molecule is CC(c1ccc(OC(=O)c2ccc(/N=N/c3ccccc3)cc2)cc1)(c1ccc(OC(=O)c2ccc(/N=N/c3ccccc3)cc2)cc1)c1ccc(OC(=O)c2ccc(/N=N/c3ccccc3)cc2)cc1.